The number of unbranched alkanes of at least 4 members (excludes halogenated alkanes) is 1. The van der Waals surface area contributed by atoms with E-state index in [9.17, 15) is 61.8 Å². The summed E-state index contributed by atoms with van der Waals surface area (Å²) in [6.07, 6.45) is 9.86. The van der Waals surface area contributed by atoms with E-state index in [1.807, 2.05) is 32.1 Å². The zero-order valence-corrected chi connectivity index (χ0v) is 41.1. The highest BCUT2D eigenvalue weighted by Crippen LogP contribution is 2.52. The van der Waals surface area contributed by atoms with E-state index >= 15 is 0 Å². The van der Waals surface area contributed by atoms with Crippen LogP contribution in [0.5, 0.6) is 0 Å². The van der Waals surface area contributed by atoms with Gasteiger partial charge in [0.25, 0.3) is 40.5 Å². The fourth-order valence-corrected chi connectivity index (χ4v) is 11.9. The van der Waals surface area contributed by atoms with Gasteiger partial charge in [0.1, 0.15) is 11.4 Å². The number of fused-ring (bicyclic) bond motifs is 6. The third-order valence-corrected chi connectivity index (χ3v) is 15.9. The van der Waals surface area contributed by atoms with Crippen LogP contribution in [0.4, 0.5) is 11.4 Å². The van der Waals surface area contributed by atoms with Crippen LogP contribution in [0, 0.1) is 6.92 Å². The molecule has 0 spiro atoms. The van der Waals surface area contributed by atoms with Crippen LogP contribution in [0.1, 0.15) is 86.6 Å². The smallest absolute Gasteiger partial charge is 0.337 e. The SMILES string of the molecule is CCCC[N+]1=C(/C=C/C(=C/C=C2/N(CCCS(=O)(=O)O)c3ccc4c(S(=O)(=O)O)cc(S(=O)(=O)O)cc4c3C2(C)C)c2ccc(C(=O)O)cn2)C(C)(C)c2c1ccc1c(C)cc(S(=O)(=O)O)cc21. The van der Waals surface area contributed by atoms with E-state index in [0.717, 1.165) is 41.3 Å². The highest BCUT2D eigenvalue weighted by Gasteiger charge is 2.46. The number of hydrogen-bond acceptors (Lipinski definition) is 11. The molecule has 5 aromatic rings. The van der Waals surface area contributed by atoms with E-state index in [4.69, 9.17) is 0 Å². The molecule has 3 heterocycles. The van der Waals surface area contributed by atoms with Crippen LogP contribution in [0.15, 0.2) is 112 Å². The Bertz CT molecular complexity index is 3560. The number of allylic oxidation sites excluding steroid dienone is 6. The third-order valence-electron chi connectivity index (χ3n) is 12.6. The van der Waals surface area contributed by atoms with Crippen LogP contribution in [-0.4, -0.2) is 97.1 Å². The maximum absolute atomic E-state index is 12.7. The number of carboxylic acid groups (broad SMARTS) is 1. The number of pyridine rings is 1. The summed E-state index contributed by atoms with van der Waals surface area (Å²) < 4.78 is 141. The molecule has 21 heteroatoms. The lowest BCUT2D eigenvalue weighted by molar-refractivity contribution is -0.438. The van der Waals surface area contributed by atoms with E-state index in [2.05, 4.69) is 16.5 Å². The molecule has 0 radical (unpaired) electrons. The Kier molecular flexibility index (Phi) is 13.1. The normalized spacial score (nSPS) is 16.9. The first-order chi connectivity index (χ1) is 31.5. The summed E-state index contributed by atoms with van der Waals surface area (Å²) in [5.41, 5.74) is 3.19. The van der Waals surface area contributed by atoms with Crippen LogP contribution >= 0.6 is 0 Å². The second-order valence-corrected chi connectivity index (χ2v) is 23.7. The van der Waals surface area contributed by atoms with Crippen molar-refractivity contribution in [3.8, 4) is 0 Å². The number of aromatic carboxylic acids is 1. The van der Waals surface area contributed by atoms with Gasteiger partial charge in [-0.2, -0.15) is 38.2 Å². The van der Waals surface area contributed by atoms with Crippen molar-refractivity contribution in [3.05, 3.63) is 125 Å². The number of carboxylic acids is 1. The van der Waals surface area contributed by atoms with Crippen LogP contribution < -0.4 is 4.90 Å². The number of carbonyl (C=O) groups is 1. The summed E-state index contributed by atoms with van der Waals surface area (Å²) in [6.45, 7) is 11.9. The Morgan fingerprint density at radius 1 is 0.750 bits per heavy atom. The van der Waals surface area contributed by atoms with Crippen molar-refractivity contribution in [2.45, 2.75) is 86.3 Å². The van der Waals surface area contributed by atoms with Crippen molar-refractivity contribution in [1.82, 2.24) is 4.98 Å². The minimum absolute atomic E-state index is 0.0230. The van der Waals surface area contributed by atoms with Gasteiger partial charge in [-0.05, 0) is 115 Å². The second kappa shape index (κ2) is 17.7. The Morgan fingerprint density at radius 2 is 1.38 bits per heavy atom. The van der Waals surface area contributed by atoms with Crippen LogP contribution in [-0.2, 0) is 51.3 Å². The summed E-state index contributed by atoms with van der Waals surface area (Å²) in [5.74, 6) is -1.83. The van der Waals surface area contributed by atoms with Gasteiger partial charge in [-0.15, -0.1) is 0 Å². The highest BCUT2D eigenvalue weighted by molar-refractivity contribution is 7.87. The van der Waals surface area contributed by atoms with Gasteiger partial charge in [-0.25, -0.2) is 4.79 Å². The molecule has 360 valence electrons. The van der Waals surface area contributed by atoms with Gasteiger partial charge in [0.2, 0.25) is 5.69 Å². The Morgan fingerprint density at radius 3 is 1.96 bits per heavy atom. The molecule has 2 aliphatic rings. The third kappa shape index (κ3) is 9.53. The standard InChI is InChI=1S/C47H49N3O14S4/c1-7-8-20-49-38-16-13-33-28(2)23-31(66(56,57)58)24-35(33)43(38)46(3,4)41(49)18-11-29(37-15-10-30(27-48-37)45(51)52)12-19-42-47(5,6)44-36-25-32(67(59,60)61)26-40(68(62,63)64)34(36)14-17-39(44)50(42)21-9-22-65(53,54)55/h10-19,23-27H,7-9,20-22H2,1-6H3,(H4-,51,52,53,54,55,56,57,58,59,60,61,62,63,64)/p+1. The number of aromatic nitrogens is 1. The summed E-state index contributed by atoms with van der Waals surface area (Å²) in [7, 11) is -19.0. The number of hydrogen-bond donors (Lipinski definition) is 5. The molecule has 0 atom stereocenters. The van der Waals surface area contributed by atoms with Crippen molar-refractivity contribution in [1.29, 1.82) is 0 Å². The van der Waals surface area contributed by atoms with Crippen molar-refractivity contribution in [3.63, 3.8) is 0 Å². The molecule has 2 aliphatic heterocycles. The number of aryl methyl sites for hydroxylation is 1. The van der Waals surface area contributed by atoms with E-state index in [1.54, 1.807) is 43.9 Å². The molecule has 0 saturated heterocycles. The van der Waals surface area contributed by atoms with Gasteiger partial charge >= 0.3 is 5.97 Å². The van der Waals surface area contributed by atoms with E-state index in [1.165, 1.54) is 42.6 Å². The largest absolute Gasteiger partial charge is 0.478 e. The maximum atomic E-state index is 12.7. The zero-order valence-electron chi connectivity index (χ0n) is 37.8. The first kappa shape index (κ1) is 50.2. The minimum atomic E-state index is -5.05. The molecule has 0 aliphatic carbocycles. The highest BCUT2D eigenvalue weighted by atomic mass is 32.2. The molecule has 68 heavy (non-hydrogen) atoms. The predicted octanol–water partition coefficient (Wildman–Crippen LogP) is 7.91. The molecule has 7 rings (SSSR count). The van der Waals surface area contributed by atoms with Gasteiger partial charge in [-0.1, -0.05) is 39.3 Å². The molecule has 0 bridgehead atoms. The molecule has 0 fully saturated rings. The lowest BCUT2D eigenvalue weighted by atomic mass is 9.78. The summed E-state index contributed by atoms with van der Waals surface area (Å²) in [5, 5.41) is 11.1. The summed E-state index contributed by atoms with van der Waals surface area (Å²) >= 11 is 0. The van der Waals surface area contributed by atoms with Crippen LogP contribution in [0.3, 0.4) is 0 Å². The summed E-state index contributed by atoms with van der Waals surface area (Å²) in [6, 6.07) is 14.4. The first-order valence-corrected chi connectivity index (χ1v) is 27.2. The van der Waals surface area contributed by atoms with E-state index in [0.29, 0.717) is 51.8 Å². The molecular weight excluding hydrogens is 959 g/mol. The topological polar surface area (TPSA) is 274 Å². The second-order valence-electron chi connectivity index (χ2n) is 17.9. The fraction of sp³-hybridized carbons (Fsp3) is 0.298. The molecule has 5 N–H and O–H groups in total. The fourth-order valence-electron chi connectivity index (χ4n) is 9.46. The number of benzene rings is 4. The summed E-state index contributed by atoms with van der Waals surface area (Å²) in [4.78, 5) is 16.3. The van der Waals surface area contributed by atoms with Crippen LogP contribution in [0.25, 0.3) is 27.1 Å². The number of nitrogens with zero attached hydrogens (tertiary/aromatic N) is 3. The number of anilines is 1. The zero-order chi connectivity index (χ0) is 50.1. The molecule has 1 aromatic heterocycles. The van der Waals surface area contributed by atoms with Gasteiger partial charge < -0.3 is 10.0 Å². The van der Waals surface area contributed by atoms with E-state index < -0.39 is 72.8 Å². The average Bonchev–Trinajstić information content (AvgIpc) is 3.59. The molecular formula is C47H50N3O14S4+. The molecule has 0 amide bonds. The van der Waals surface area contributed by atoms with Gasteiger partial charge in [0.15, 0.2) is 5.71 Å². The Hall–Kier alpha value is -5.65. The van der Waals surface area contributed by atoms with Crippen LogP contribution in [0.2, 0.25) is 0 Å². The molecule has 0 saturated carbocycles. The van der Waals surface area contributed by atoms with Gasteiger partial charge in [0.05, 0.1) is 32.2 Å². The monoisotopic (exact) mass is 1010 g/mol. The molecule has 4 aromatic carbocycles. The van der Waals surface area contributed by atoms with Crippen molar-refractivity contribution in [2.24, 2.45) is 0 Å². The lowest BCUT2D eigenvalue weighted by Crippen LogP contribution is -2.28. The minimum Gasteiger partial charge on any atom is -0.478 e. The first-order valence-electron chi connectivity index (χ1n) is 21.3. The molecule has 0 unspecified atom stereocenters. The van der Waals surface area contributed by atoms with E-state index in [-0.39, 0.29) is 34.2 Å². The predicted molar refractivity (Wildman–Crippen MR) is 258 cm³/mol. The quantitative estimate of drug-likeness (QED) is 0.0378. The molecule has 17 nitrogen and oxygen atoms in total. The van der Waals surface area contributed by atoms with Crippen molar-refractivity contribution >= 4 is 90.6 Å². The lowest BCUT2D eigenvalue weighted by Gasteiger charge is -2.27. The van der Waals surface area contributed by atoms with Gasteiger partial charge in [0, 0.05) is 64.6 Å². The van der Waals surface area contributed by atoms with Crippen molar-refractivity contribution < 1.29 is 66.4 Å². The van der Waals surface area contributed by atoms with Crippen molar-refractivity contribution in [2.75, 3.05) is 23.7 Å². The Labute approximate surface area is 394 Å². The van der Waals surface area contributed by atoms with Gasteiger partial charge in [-0.3, -0.25) is 23.2 Å². The Balaban J connectivity index is 1.46. The maximum Gasteiger partial charge on any atom is 0.337 e. The average molecular weight is 1010 g/mol. The number of rotatable bonds is 15.